The second kappa shape index (κ2) is 5.51. The Hall–Kier alpha value is 0.870. The quantitative estimate of drug-likeness (QED) is 0.437. The maximum absolute atomic E-state index is 10.0. The molecule has 1 unspecified atom stereocenters. The summed E-state index contributed by atoms with van der Waals surface area (Å²) in [5, 5.41) is 0. The summed E-state index contributed by atoms with van der Waals surface area (Å²) >= 11 is 0. The molecule has 0 aromatic carbocycles. The van der Waals surface area contributed by atoms with Gasteiger partial charge < -0.3 is 5.73 Å². The molecular weight excluding hydrogens is 165 g/mol. The molecule has 3 N–H and O–H groups in total. The van der Waals surface area contributed by atoms with Crippen LogP contribution >= 0.6 is 0 Å². The van der Waals surface area contributed by atoms with Crippen molar-refractivity contribution in [3.8, 4) is 0 Å². The van der Waals surface area contributed by atoms with E-state index in [2.05, 4.69) is 0 Å². The van der Waals surface area contributed by atoms with Gasteiger partial charge in [-0.2, -0.15) is 8.42 Å². The summed E-state index contributed by atoms with van der Waals surface area (Å²) in [5.74, 6) is -0.245. The van der Waals surface area contributed by atoms with Gasteiger partial charge in [0.2, 0.25) is 0 Å². The van der Waals surface area contributed by atoms with Crippen LogP contribution in [-0.2, 0) is 10.1 Å². The molecule has 0 saturated carbocycles. The first-order valence-corrected chi connectivity index (χ1v) is 4.23. The molecule has 0 fully saturated rings. The van der Waals surface area contributed by atoms with Crippen LogP contribution < -0.4 is 5.73 Å². The second-order valence-electron chi connectivity index (χ2n) is 2.05. The molecule has 0 spiro atoms. The Morgan fingerprint density at radius 2 is 2.00 bits per heavy atom. The Balaban J connectivity index is 0. The Kier molecular flexibility index (Phi) is 7.42. The Bertz CT molecular complexity index is 165. The van der Waals surface area contributed by atoms with Crippen molar-refractivity contribution in [1.82, 2.24) is 0 Å². The van der Waals surface area contributed by atoms with E-state index in [0.717, 1.165) is 0 Å². The van der Waals surface area contributed by atoms with Gasteiger partial charge in [-0.1, -0.05) is 0 Å². The van der Waals surface area contributed by atoms with Crippen molar-refractivity contribution in [3.63, 3.8) is 0 Å². The van der Waals surface area contributed by atoms with Crippen LogP contribution in [0.2, 0.25) is 0 Å². The van der Waals surface area contributed by atoms with Crippen molar-refractivity contribution < 1.29 is 13.0 Å². The van der Waals surface area contributed by atoms with Gasteiger partial charge in [-0.05, 0) is 13.3 Å². The van der Waals surface area contributed by atoms with E-state index in [-0.39, 0.29) is 41.4 Å². The first-order valence-electron chi connectivity index (χ1n) is 2.62. The average Bonchev–Trinajstić information content (AvgIpc) is 1.59. The fraction of sp³-hybridized carbons (Fsp3) is 1.00. The number of nitrogens with two attached hydrogens (primary N) is 1. The van der Waals surface area contributed by atoms with Gasteiger partial charge in [0, 0.05) is 35.6 Å². The summed E-state index contributed by atoms with van der Waals surface area (Å²) in [5.41, 5.74) is 5.22. The van der Waals surface area contributed by atoms with Gasteiger partial charge >= 0.3 is 0 Å². The molecule has 6 heteroatoms. The summed E-state index contributed by atoms with van der Waals surface area (Å²) in [6.07, 6.45) is 0.304. The average molecular weight is 176 g/mol. The van der Waals surface area contributed by atoms with E-state index in [9.17, 15) is 8.42 Å². The van der Waals surface area contributed by atoms with Crippen LogP contribution in [0.15, 0.2) is 0 Å². The van der Waals surface area contributed by atoms with E-state index in [1.165, 1.54) is 0 Å². The van der Waals surface area contributed by atoms with Crippen molar-refractivity contribution in [3.05, 3.63) is 0 Å². The summed E-state index contributed by atoms with van der Waals surface area (Å²) in [4.78, 5) is 0. The minimum Gasteiger partial charge on any atom is -0.328 e. The molecule has 1 atom stereocenters. The zero-order valence-electron chi connectivity index (χ0n) is 6.24. The first-order chi connectivity index (χ1) is 3.92. The monoisotopic (exact) mass is 176 g/mol. The van der Waals surface area contributed by atoms with Crippen LogP contribution in [0.1, 0.15) is 13.3 Å². The molecule has 0 saturated heterocycles. The van der Waals surface area contributed by atoms with Crippen molar-refractivity contribution >= 4 is 39.7 Å². The second-order valence-corrected chi connectivity index (χ2v) is 3.62. The third-order valence-electron chi connectivity index (χ3n) is 0.831. The van der Waals surface area contributed by atoms with Gasteiger partial charge in [0.05, 0.1) is 5.75 Å². The van der Waals surface area contributed by atoms with Gasteiger partial charge in [0.25, 0.3) is 10.1 Å². The van der Waals surface area contributed by atoms with Crippen molar-refractivity contribution in [2.24, 2.45) is 5.73 Å². The maximum Gasteiger partial charge on any atom is 0.264 e. The number of hydrogen-bond acceptors (Lipinski definition) is 3. The predicted molar refractivity (Wildman–Crippen MR) is 40.4 cm³/mol. The molecule has 0 aliphatic heterocycles. The van der Waals surface area contributed by atoms with Gasteiger partial charge in [-0.15, -0.1) is 0 Å². The third kappa shape index (κ3) is 11.6. The predicted octanol–water partition coefficient (Wildman–Crippen LogP) is -0.769. The van der Waals surface area contributed by atoms with Crippen LogP contribution in [0.25, 0.3) is 0 Å². The minimum atomic E-state index is -3.80. The topological polar surface area (TPSA) is 80.4 Å². The van der Waals surface area contributed by atoms with Crippen LogP contribution in [0.4, 0.5) is 0 Å². The van der Waals surface area contributed by atoms with Gasteiger partial charge in [0.1, 0.15) is 0 Å². The van der Waals surface area contributed by atoms with Crippen LogP contribution in [0.3, 0.4) is 0 Å². The van der Waals surface area contributed by atoms with E-state index < -0.39 is 10.1 Å². The summed E-state index contributed by atoms with van der Waals surface area (Å²) in [6, 6.07) is -0.174. The Morgan fingerprint density at radius 3 is 2.10 bits per heavy atom. The maximum atomic E-state index is 10.0. The first kappa shape index (κ1) is 13.5. The van der Waals surface area contributed by atoms with E-state index in [0.29, 0.717) is 6.42 Å². The number of rotatable bonds is 3. The van der Waals surface area contributed by atoms with Gasteiger partial charge in [-0.3, -0.25) is 4.55 Å². The standard InChI is InChI=1S/C4H11NO3S.Na/c1-4(5)2-3-9(6,7)8;/h4H,2-3,5H2,1H3,(H,6,7,8);. The zero-order valence-corrected chi connectivity index (χ0v) is 9.06. The zero-order chi connectivity index (χ0) is 7.49. The van der Waals surface area contributed by atoms with E-state index in [1.54, 1.807) is 6.92 Å². The van der Waals surface area contributed by atoms with Gasteiger partial charge in [-0.25, -0.2) is 0 Å². The van der Waals surface area contributed by atoms with Gasteiger partial charge in [0.15, 0.2) is 0 Å². The molecule has 4 nitrogen and oxygen atoms in total. The molecule has 0 rings (SSSR count). The molecule has 0 aliphatic carbocycles. The number of hydrogen-bond donors (Lipinski definition) is 2. The van der Waals surface area contributed by atoms with Crippen molar-refractivity contribution in [2.45, 2.75) is 19.4 Å². The van der Waals surface area contributed by atoms with Crippen LogP contribution in [0.5, 0.6) is 0 Å². The largest absolute Gasteiger partial charge is 0.328 e. The molecule has 0 amide bonds. The van der Waals surface area contributed by atoms with Crippen LogP contribution in [-0.4, -0.2) is 54.3 Å². The Morgan fingerprint density at radius 1 is 1.60 bits per heavy atom. The van der Waals surface area contributed by atoms with Crippen molar-refractivity contribution in [2.75, 3.05) is 5.75 Å². The summed E-state index contributed by atoms with van der Waals surface area (Å²) in [6.45, 7) is 1.69. The van der Waals surface area contributed by atoms with Crippen molar-refractivity contribution in [1.29, 1.82) is 0 Å². The normalized spacial score (nSPS) is 13.9. The fourth-order valence-electron chi connectivity index (χ4n) is 0.335. The van der Waals surface area contributed by atoms with Crippen LogP contribution in [0, 0.1) is 0 Å². The van der Waals surface area contributed by atoms with E-state index in [1.807, 2.05) is 0 Å². The molecule has 0 aromatic rings. The fourth-order valence-corrected chi connectivity index (χ4v) is 1.00. The molecule has 57 valence electrons. The van der Waals surface area contributed by atoms with E-state index >= 15 is 0 Å². The van der Waals surface area contributed by atoms with E-state index in [4.69, 9.17) is 10.3 Å². The SMILES string of the molecule is CC(N)CCS(=O)(=O)O.[Na]. The third-order valence-corrected chi connectivity index (χ3v) is 1.58. The Labute approximate surface area is 83.2 Å². The smallest absolute Gasteiger partial charge is 0.264 e. The molecular formula is C4H11NNaO3S. The molecule has 0 heterocycles. The molecule has 1 radical (unpaired) electrons. The molecule has 0 aliphatic rings. The summed E-state index contributed by atoms with van der Waals surface area (Å²) in [7, 11) is -3.80. The minimum absolute atomic E-state index is 0. The molecule has 0 aromatic heterocycles. The molecule has 10 heavy (non-hydrogen) atoms. The summed E-state index contributed by atoms with van der Waals surface area (Å²) < 4.78 is 28.3. The molecule has 0 bridgehead atoms.